The van der Waals surface area contributed by atoms with Crippen LogP contribution in [-0.2, 0) is 46.0 Å². The van der Waals surface area contributed by atoms with Gasteiger partial charge < -0.3 is 20.2 Å². The SMILES string of the molecule is CNS(=O)(=O)c1ccc2c(c1)CN(C(=O)c1cc(S(=O)(=O)N3CCc4ccccc4C3)c(O)c(O)c1O)CC2. The molecule has 0 saturated heterocycles. The number of fused-ring (bicyclic) bond motifs is 2. The second-order valence-corrected chi connectivity index (χ2v) is 13.2. The zero-order valence-corrected chi connectivity index (χ0v) is 22.6. The van der Waals surface area contributed by atoms with Gasteiger partial charge in [-0.3, -0.25) is 4.79 Å². The number of rotatable bonds is 5. The number of aromatic hydroxyl groups is 3. The summed E-state index contributed by atoms with van der Waals surface area (Å²) in [5.74, 6) is -3.89. The summed E-state index contributed by atoms with van der Waals surface area (Å²) in [5.41, 5.74) is 2.74. The summed E-state index contributed by atoms with van der Waals surface area (Å²) in [5, 5.41) is 31.5. The number of carbonyl (C=O) groups excluding carboxylic acids is 1. The Hall–Kier alpha value is -3.65. The van der Waals surface area contributed by atoms with E-state index in [4.69, 9.17) is 0 Å². The van der Waals surface area contributed by atoms with Gasteiger partial charge in [0.1, 0.15) is 4.90 Å². The molecule has 0 spiro atoms. The maximum Gasteiger partial charge on any atom is 0.258 e. The van der Waals surface area contributed by atoms with Crippen LogP contribution in [-0.4, -0.2) is 67.4 Å². The number of sulfonamides is 2. The molecule has 206 valence electrons. The molecule has 3 aromatic carbocycles. The second-order valence-electron chi connectivity index (χ2n) is 9.44. The highest BCUT2D eigenvalue weighted by Gasteiger charge is 2.35. The minimum atomic E-state index is -4.37. The molecule has 2 heterocycles. The molecule has 2 aliphatic heterocycles. The van der Waals surface area contributed by atoms with Gasteiger partial charge in [-0.05, 0) is 60.3 Å². The lowest BCUT2D eigenvalue weighted by molar-refractivity contribution is 0.0730. The van der Waals surface area contributed by atoms with Crippen molar-refractivity contribution in [1.29, 1.82) is 0 Å². The Bertz CT molecular complexity index is 1700. The molecule has 0 atom stereocenters. The quantitative estimate of drug-likeness (QED) is 0.335. The van der Waals surface area contributed by atoms with Crippen LogP contribution in [0.25, 0.3) is 0 Å². The van der Waals surface area contributed by atoms with Crippen molar-refractivity contribution in [3.8, 4) is 17.2 Å². The Balaban J connectivity index is 1.48. The van der Waals surface area contributed by atoms with E-state index in [0.717, 1.165) is 27.1 Å². The first-order chi connectivity index (χ1) is 18.4. The van der Waals surface area contributed by atoms with Crippen molar-refractivity contribution in [3.05, 3.63) is 76.3 Å². The molecule has 39 heavy (non-hydrogen) atoms. The predicted molar refractivity (Wildman–Crippen MR) is 140 cm³/mol. The highest BCUT2D eigenvalue weighted by Crippen LogP contribution is 2.44. The molecule has 0 aliphatic carbocycles. The second kappa shape index (κ2) is 9.83. The van der Waals surface area contributed by atoms with Crippen LogP contribution < -0.4 is 4.72 Å². The lowest BCUT2D eigenvalue weighted by Crippen LogP contribution is -2.37. The number of hydrogen-bond acceptors (Lipinski definition) is 8. The lowest BCUT2D eigenvalue weighted by atomic mass is 9.99. The number of benzene rings is 3. The average Bonchev–Trinajstić information content (AvgIpc) is 2.94. The van der Waals surface area contributed by atoms with Crippen LogP contribution in [0.4, 0.5) is 0 Å². The third kappa shape index (κ3) is 4.71. The zero-order chi connectivity index (χ0) is 28.1. The fourth-order valence-electron chi connectivity index (χ4n) is 4.96. The summed E-state index contributed by atoms with van der Waals surface area (Å²) < 4.78 is 54.9. The summed E-state index contributed by atoms with van der Waals surface area (Å²) in [7, 11) is -6.79. The van der Waals surface area contributed by atoms with Gasteiger partial charge >= 0.3 is 0 Å². The van der Waals surface area contributed by atoms with Crippen molar-refractivity contribution in [2.45, 2.75) is 35.7 Å². The molecule has 0 unspecified atom stereocenters. The van der Waals surface area contributed by atoms with Crippen LogP contribution in [0.3, 0.4) is 0 Å². The van der Waals surface area contributed by atoms with Crippen LogP contribution >= 0.6 is 0 Å². The lowest BCUT2D eigenvalue weighted by Gasteiger charge is -2.30. The summed E-state index contributed by atoms with van der Waals surface area (Å²) >= 11 is 0. The van der Waals surface area contributed by atoms with E-state index in [9.17, 15) is 36.9 Å². The Morgan fingerprint density at radius 1 is 0.795 bits per heavy atom. The van der Waals surface area contributed by atoms with E-state index in [1.54, 1.807) is 12.1 Å². The van der Waals surface area contributed by atoms with E-state index in [1.165, 1.54) is 24.1 Å². The fourth-order valence-corrected chi connectivity index (χ4v) is 7.27. The van der Waals surface area contributed by atoms with Crippen LogP contribution in [0, 0.1) is 0 Å². The van der Waals surface area contributed by atoms with Crippen LogP contribution in [0.15, 0.2) is 58.3 Å². The molecular formula is C26H27N3O8S2. The molecule has 5 rings (SSSR count). The normalized spacial score (nSPS) is 16.0. The van der Waals surface area contributed by atoms with E-state index >= 15 is 0 Å². The predicted octanol–water partition coefficient (Wildman–Crippen LogP) is 1.66. The van der Waals surface area contributed by atoms with Crippen molar-refractivity contribution in [1.82, 2.24) is 13.9 Å². The van der Waals surface area contributed by atoms with E-state index < -0.39 is 53.7 Å². The summed E-state index contributed by atoms with van der Waals surface area (Å²) in [6.45, 7) is 0.372. The van der Waals surface area contributed by atoms with Gasteiger partial charge in [0.2, 0.25) is 25.8 Å². The molecule has 13 heteroatoms. The molecule has 0 saturated carbocycles. The Labute approximate surface area is 226 Å². The first kappa shape index (κ1) is 26.9. The molecule has 0 fully saturated rings. The summed E-state index contributed by atoms with van der Waals surface area (Å²) in [6, 6.07) is 12.9. The first-order valence-corrected chi connectivity index (χ1v) is 15.1. The minimum absolute atomic E-state index is 0.00664. The van der Waals surface area contributed by atoms with Crippen molar-refractivity contribution < 1.29 is 36.9 Å². The van der Waals surface area contributed by atoms with E-state index in [1.807, 2.05) is 18.2 Å². The Morgan fingerprint density at radius 3 is 2.18 bits per heavy atom. The summed E-state index contributed by atoms with van der Waals surface area (Å²) in [4.78, 5) is 14.1. The smallest absolute Gasteiger partial charge is 0.258 e. The molecular weight excluding hydrogens is 546 g/mol. The fraction of sp³-hybridized carbons (Fsp3) is 0.269. The molecule has 2 aliphatic rings. The van der Waals surface area contributed by atoms with Crippen LogP contribution in [0.1, 0.15) is 32.6 Å². The molecule has 3 aromatic rings. The molecule has 1 amide bonds. The minimum Gasteiger partial charge on any atom is -0.504 e. The van der Waals surface area contributed by atoms with Crippen LogP contribution in [0.5, 0.6) is 17.2 Å². The largest absolute Gasteiger partial charge is 0.504 e. The number of phenols is 3. The monoisotopic (exact) mass is 573 g/mol. The molecule has 0 bridgehead atoms. The highest BCUT2D eigenvalue weighted by atomic mass is 32.2. The number of nitrogens with one attached hydrogen (secondary N) is 1. The van der Waals surface area contributed by atoms with E-state index in [-0.39, 0.29) is 31.1 Å². The number of carbonyl (C=O) groups is 1. The Morgan fingerprint density at radius 2 is 1.46 bits per heavy atom. The van der Waals surface area contributed by atoms with E-state index in [2.05, 4.69) is 4.72 Å². The topological polar surface area (TPSA) is 165 Å². The number of phenolic OH excluding ortho intramolecular Hbond substituents is 3. The van der Waals surface area contributed by atoms with Crippen LogP contribution in [0.2, 0.25) is 0 Å². The maximum atomic E-state index is 13.5. The van der Waals surface area contributed by atoms with Crippen molar-refractivity contribution in [2.24, 2.45) is 0 Å². The zero-order valence-electron chi connectivity index (χ0n) is 21.0. The molecule has 0 aromatic heterocycles. The standard InChI is InChI=1S/C26H27N3O8S2/c1-27-38(34,35)20-7-6-17-8-10-28(14-19(17)12-20)26(33)21-13-22(24(31)25(32)23(21)30)39(36,37)29-11-9-16-4-2-3-5-18(16)15-29/h2-7,12-13,27,30-32H,8-11,14-15H2,1H3. The molecule has 11 nitrogen and oxygen atoms in total. The van der Waals surface area contributed by atoms with Gasteiger partial charge in [0.15, 0.2) is 11.5 Å². The third-order valence-corrected chi connectivity index (χ3v) is 10.5. The van der Waals surface area contributed by atoms with Gasteiger partial charge in [-0.15, -0.1) is 0 Å². The van der Waals surface area contributed by atoms with Gasteiger partial charge in [0.05, 0.1) is 10.5 Å². The Kier molecular flexibility index (Phi) is 6.79. The van der Waals surface area contributed by atoms with Gasteiger partial charge in [-0.1, -0.05) is 30.3 Å². The van der Waals surface area contributed by atoms with Gasteiger partial charge in [-0.25, -0.2) is 21.6 Å². The highest BCUT2D eigenvalue weighted by molar-refractivity contribution is 7.89. The van der Waals surface area contributed by atoms with Crippen molar-refractivity contribution in [2.75, 3.05) is 20.1 Å². The van der Waals surface area contributed by atoms with Crippen molar-refractivity contribution in [3.63, 3.8) is 0 Å². The maximum absolute atomic E-state index is 13.5. The third-order valence-electron chi connectivity index (χ3n) is 7.21. The van der Waals surface area contributed by atoms with Gasteiger partial charge in [0.25, 0.3) is 5.91 Å². The van der Waals surface area contributed by atoms with E-state index in [0.29, 0.717) is 18.4 Å². The average molecular weight is 574 g/mol. The molecule has 4 N–H and O–H groups in total. The van der Waals surface area contributed by atoms with Crippen molar-refractivity contribution >= 4 is 26.0 Å². The molecule has 0 radical (unpaired) electrons. The summed E-state index contributed by atoms with van der Waals surface area (Å²) in [6.07, 6.45) is 0.842. The first-order valence-electron chi connectivity index (χ1n) is 12.1. The van der Waals surface area contributed by atoms with Gasteiger partial charge in [-0.2, -0.15) is 4.31 Å². The number of nitrogens with zero attached hydrogens (tertiary/aromatic N) is 2. The van der Waals surface area contributed by atoms with Gasteiger partial charge in [0, 0.05) is 26.2 Å². The number of hydrogen-bond donors (Lipinski definition) is 4. The number of amides is 1.